The zero-order valence-electron chi connectivity index (χ0n) is 12.0. The van der Waals surface area contributed by atoms with Crippen molar-refractivity contribution in [3.8, 4) is 0 Å². The van der Waals surface area contributed by atoms with Gasteiger partial charge in [0.25, 0.3) is 5.91 Å². The van der Waals surface area contributed by atoms with Gasteiger partial charge in [0.05, 0.1) is 0 Å². The molecular formula is C16H17N3OS. The Balaban J connectivity index is 2.19. The molecule has 0 aliphatic rings. The molecular weight excluding hydrogens is 282 g/mol. The number of aryl methyl sites for hydroxylation is 1. The lowest BCUT2D eigenvalue weighted by Crippen LogP contribution is -2.27. The maximum atomic E-state index is 12.4. The number of benzene rings is 1. The van der Waals surface area contributed by atoms with Crippen LogP contribution in [0.3, 0.4) is 0 Å². The van der Waals surface area contributed by atoms with Crippen LogP contribution < -0.4 is 10.6 Å². The number of nitrogens with two attached hydrogens (primary N) is 1. The highest BCUT2D eigenvalue weighted by molar-refractivity contribution is 7.80. The zero-order valence-corrected chi connectivity index (χ0v) is 12.9. The quantitative estimate of drug-likeness (QED) is 0.882. The summed E-state index contributed by atoms with van der Waals surface area (Å²) in [5.74, 6) is -0.172. The number of aromatic nitrogens is 1. The summed E-state index contributed by atoms with van der Waals surface area (Å²) in [6.45, 7) is 2.09. The summed E-state index contributed by atoms with van der Waals surface area (Å²) in [5, 5.41) is 0. The number of pyridine rings is 1. The smallest absolute Gasteiger partial charge is 0.276 e. The SMILES string of the molecule is CCc1ccc(N(C)C(=O)c2ccc(C(N)=S)cn2)cc1. The summed E-state index contributed by atoms with van der Waals surface area (Å²) >= 11 is 4.87. The third-order valence-corrected chi connectivity index (χ3v) is 3.54. The lowest BCUT2D eigenvalue weighted by atomic mass is 10.1. The second-order valence-corrected chi connectivity index (χ2v) is 5.12. The van der Waals surface area contributed by atoms with Crippen LogP contribution >= 0.6 is 12.2 Å². The third-order valence-electron chi connectivity index (χ3n) is 3.30. The van der Waals surface area contributed by atoms with Crippen LogP contribution in [0.5, 0.6) is 0 Å². The standard InChI is InChI=1S/C16H17N3OS/c1-3-11-4-7-13(8-5-11)19(2)16(20)14-9-6-12(10-18-14)15(17)21/h4-10H,3H2,1-2H3,(H2,17,21). The maximum Gasteiger partial charge on any atom is 0.276 e. The predicted octanol–water partition coefficient (Wildman–Crippen LogP) is 2.55. The summed E-state index contributed by atoms with van der Waals surface area (Å²) in [5.41, 5.74) is 8.59. The highest BCUT2D eigenvalue weighted by Crippen LogP contribution is 2.16. The molecule has 5 heteroatoms. The fourth-order valence-electron chi connectivity index (χ4n) is 1.91. The van der Waals surface area contributed by atoms with E-state index in [2.05, 4.69) is 11.9 Å². The second-order valence-electron chi connectivity index (χ2n) is 4.68. The topological polar surface area (TPSA) is 59.2 Å². The van der Waals surface area contributed by atoms with E-state index in [9.17, 15) is 4.79 Å². The van der Waals surface area contributed by atoms with Crippen LogP contribution in [0, 0.1) is 0 Å². The van der Waals surface area contributed by atoms with Gasteiger partial charge in [-0.1, -0.05) is 31.3 Å². The molecule has 0 bridgehead atoms. The molecule has 0 spiro atoms. The Labute approximate surface area is 129 Å². The van der Waals surface area contributed by atoms with Crippen molar-refractivity contribution in [2.24, 2.45) is 5.73 Å². The summed E-state index contributed by atoms with van der Waals surface area (Å²) in [7, 11) is 1.73. The molecule has 1 heterocycles. The fourth-order valence-corrected chi connectivity index (χ4v) is 2.03. The van der Waals surface area contributed by atoms with Gasteiger partial charge in [-0.2, -0.15) is 0 Å². The molecule has 1 amide bonds. The van der Waals surface area contributed by atoms with Gasteiger partial charge in [-0.05, 0) is 36.2 Å². The van der Waals surface area contributed by atoms with Crippen LogP contribution in [0.4, 0.5) is 5.69 Å². The van der Waals surface area contributed by atoms with E-state index in [1.54, 1.807) is 24.1 Å². The summed E-state index contributed by atoms with van der Waals surface area (Å²) < 4.78 is 0. The Morgan fingerprint density at radius 2 is 1.90 bits per heavy atom. The molecule has 0 unspecified atom stereocenters. The Morgan fingerprint density at radius 1 is 1.24 bits per heavy atom. The largest absolute Gasteiger partial charge is 0.389 e. The highest BCUT2D eigenvalue weighted by atomic mass is 32.1. The number of thiocarbonyl (C=S) groups is 1. The maximum absolute atomic E-state index is 12.4. The Morgan fingerprint density at radius 3 is 2.38 bits per heavy atom. The van der Waals surface area contributed by atoms with E-state index in [1.807, 2.05) is 24.3 Å². The number of carbonyl (C=O) groups excluding carboxylic acids is 1. The molecule has 0 aliphatic heterocycles. The van der Waals surface area contributed by atoms with E-state index >= 15 is 0 Å². The number of carbonyl (C=O) groups is 1. The molecule has 21 heavy (non-hydrogen) atoms. The monoisotopic (exact) mass is 299 g/mol. The van der Waals surface area contributed by atoms with Gasteiger partial charge in [0.2, 0.25) is 0 Å². The number of hydrogen-bond acceptors (Lipinski definition) is 3. The Hall–Kier alpha value is -2.27. The van der Waals surface area contributed by atoms with E-state index in [1.165, 1.54) is 11.8 Å². The summed E-state index contributed by atoms with van der Waals surface area (Å²) in [4.78, 5) is 18.3. The molecule has 1 aromatic heterocycles. The third kappa shape index (κ3) is 3.44. The van der Waals surface area contributed by atoms with E-state index in [0.717, 1.165) is 12.1 Å². The molecule has 0 fully saturated rings. The molecule has 108 valence electrons. The van der Waals surface area contributed by atoms with Crippen LogP contribution in [0.15, 0.2) is 42.6 Å². The first kappa shape index (κ1) is 15.1. The highest BCUT2D eigenvalue weighted by Gasteiger charge is 2.14. The van der Waals surface area contributed by atoms with Crippen LogP contribution in [-0.4, -0.2) is 22.9 Å². The van der Waals surface area contributed by atoms with E-state index < -0.39 is 0 Å². The van der Waals surface area contributed by atoms with Gasteiger partial charge in [0, 0.05) is 24.5 Å². The van der Waals surface area contributed by atoms with Crippen molar-refractivity contribution in [3.63, 3.8) is 0 Å². The van der Waals surface area contributed by atoms with Crippen LogP contribution in [0.1, 0.15) is 28.5 Å². The van der Waals surface area contributed by atoms with Crippen molar-refractivity contribution in [2.75, 3.05) is 11.9 Å². The minimum absolute atomic E-state index is 0.172. The van der Waals surface area contributed by atoms with Gasteiger partial charge in [0.1, 0.15) is 10.7 Å². The number of hydrogen-bond donors (Lipinski definition) is 1. The minimum Gasteiger partial charge on any atom is -0.389 e. The second kappa shape index (κ2) is 6.45. The lowest BCUT2D eigenvalue weighted by Gasteiger charge is -2.17. The fraction of sp³-hybridized carbons (Fsp3) is 0.188. The Kier molecular flexibility index (Phi) is 4.65. The zero-order chi connectivity index (χ0) is 15.4. The molecule has 2 aromatic rings. The molecule has 4 nitrogen and oxygen atoms in total. The first-order valence-electron chi connectivity index (χ1n) is 6.65. The van der Waals surface area contributed by atoms with Crippen molar-refractivity contribution in [1.29, 1.82) is 0 Å². The van der Waals surface area contributed by atoms with Crippen molar-refractivity contribution in [3.05, 3.63) is 59.4 Å². The van der Waals surface area contributed by atoms with Crippen molar-refractivity contribution >= 4 is 28.8 Å². The van der Waals surface area contributed by atoms with Crippen molar-refractivity contribution < 1.29 is 4.79 Å². The molecule has 0 aliphatic carbocycles. The van der Waals surface area contributed by atoms with Gasteiger partial charge in [0.15, 0.2) is 0 Å². The molecule has 0 radical (unpaired) electrons. The summed E-state index contributed by atoms with van der Waals surface area (Å²) in [6, 6.07) is 11.2. The lowest BCUT2D eigenvalue weighted by molar-refractivity contribution is 0.0988. The first-order valence-corrected chi connectivity index (χ1v) is 7.06. The molecule has 0 atom stereocenters. The molecule has 0 saturated carbocycles. The molecule has 0 saturated heterocycles. The number of amides is 1. The first-order chi connectivity index (χ1) is 10.0. The van der Waals surface area contributed by atoms with Crippen molar-refractivity contribution in [1.82, 2.24) is 4.98 Å². The minimum atomic E-state index is -0.172. The predicted molar refractivity (Wildman–Crippen MR) is 88.7 cm³/mol. The van der Waals surface area contributed by atoms with Crippen LogP contribution in [0.2, 0.25) is 0 Å². The Bertz CT molecular complexity index is 650. The normalized spacial score (nSPS) is 10.2. The van der Waals surface area contributed by atoms with Crippen LogP contribution in [0.25, 0.3) is 0 Å². The molecule has 2 N–H and O–H groups in total. The van der Waals surface area contributed by atoms with E-state index in [-0.39, 0.29) is 10.9 Å². The molecule has 2 rings (SSSR count). The average molecular weight is 299 g/mol. The summed E-state index contributed by atoms with van der Waals surface area (Å²) in [6.07, 6.45) is 2.49. The van der Waals surface area contributed by atoms with Crippen molar-refractivity contribution in [2.45, 2.75) is 13.3 Å². The number of nitrogens with zero attached hydrogens (tertiary/aromatic N) is 2. The average Bonchev–Trinajstić information content (AvgIpc) is 2.53. The van der Waals surface area contributed by atoms with Gasteiger partial charge < -0.3 is 10.6 Å². The van der Waals surface area contributed by atoms with Gasteiger partial charge in [-0.15, -0.1) is 0 Å². The number of anilines is 1. The molecule has 1 aromatic carbocycles. The van der Waals surface area contributed by atoms with E-state index in [4.69, 9.17) is 18.0 Å². The van der Waals surface area contributed by atoms with E-state index in [0.29, 0.717) is 11.3 Å². The number of rotatable bonds is 4. The van der Waals surface area contributed by atoms with Gasteiger partial charge in [-0.3, -0.25) is 9.78 Å². The van der Waals surface area contributed by atoms with Gasteiger partial charge in [-0.25, -0.2) is 0 Å². The van der Waals surface area contributed by atoms with Gasteiger partial charge >= 0.3 is 0 Å². The van der Waals surface area contributed by atoms with Crippen LogP contribution in [-0.2, 0) is 6.42 Å².